The van der Waals surface area contributed by atoms with Crippen molar-refractivity contribution in [3.05, 3.63) is 60.7 Å². The molecule has 0 N–H and O–H groups in total. The molecule has 2 rings (SSSR count). The molecule has 19 heavy (non-hydrogen) atoms. The van der Waals surface area contributed by atoms with Gasteiger partial charge in [0.05, 0.1) is 14.2 Å². The fourth-order valence-electron chi connectivity index (χ4n) is 1.02. The molecule has 0 fully saturated rings. The molecule has 0 saturated heterocycles. The molecular weight excluding hydrogens is 313 g/mol. The van der Waals surface area contributed by atoms with Gasteiger partial charge in [0.15, 0.2) is 0 Å². The van der Waals surface area contributed by atoms with Crippen molar-refractivity contribution < 1.29 is 42.2 Å². The minimum absolute atomic E-state index is 0. The van der Waals surface area contributed by atoms with Crippen molar-refractivity contribution in [3.63, 3.8) is 0 Å². The van der Waals surface area contributed by atoms with Gasteiger partial charge in [-0.2, -0.15) is 36.4 Å². The summed E-state index contributed by atoms with van der Waals surface area (Å²) in [5.74, 6) is 1.76. The molecule has 0 saturated carbocycles. The summed E-state index contributed by atoms with van der Waals surface area (Å²) in [5, 5.41) is 0. The number of benzene rings is 2. The van der Waals surface area contributed by atoms with Crippen LogP contribution < -0.4 is 9.47 Å². The Labute approximate surface area is 143 Å². The molecule has 1 radical (unpaired) electrons. The molecule has 0 spiro atoms. The molecule has 0 aliphatic carbocycles. The van der Waals surface area contributed by atoms with Crippen molar-refractivity contribution in [1.29, 1.82) is 0 Å². The Morgan fingerprint density at radius 2 is 0.947 bits per heavy atom. The van der Waals surface area contributed by atoms with Gasteiger partial charge in [0.25, 0.3) is 0 Å². The summed E-state index contributed by atoms with van der Waals surface area (Å²) in [7, 11) is 3.30. The molecule has 103 valence electrons. The number of hydrogen-bond acceptors (Lipinski definition) is 2. The third-order valence-electron chi connectivity index (χ3n) is 1.85. The van der Waals surface area contributed by atoms with Crippen LogP contribution in [0.5, 0.6) is 11.5 Å². The zero-order valence-corrected chi connectivity index (χ0v) is 12.9. The Morgan fingerprint density at radius 1 is 0.684 bits per heavy atom. The first kappa shape index (κ1) is 23.3. The molecule has 2 aromatic carbocycles. The van der Waals surface area contributed by atoms with Gasteiger partial charge < -0.3 is 9.47 Å². The first-order valence-electron chi connectivity index (χ1n) is 4.87. The summed E-state index contributed by atoms with van der Waals surface area (Å²) in [6.07, 6.45) is 0. The fourth-order valence-corrected chi connectivity index (χ4v) is 1.02. The minimum Gasteiger partial charge on any atom is -0.522 e. The van der Waals surface area contributed by atoms with Crippen LogP contribution in [0.1, 0.15) is 14.9 Å². The summed E-state index contributed by atoms with van der Waals surface area (Å²) in [6.45, 7) is 0. The Hall–Kier alpha value is -0.856. The van der Waals surface area contributed by atoms with Gasteiger partial charge in [0.1, 0.15) is 0 Å². The smallest absolute Gasteiger partial charge is 0.0743 e. The molecule has 3 heteroatoms. The quantitative estimate of drug-likeness (QED) is 0.764. The van der Waals surface area contributed by atoms with Gasteiger partial charge in [-0.05, 0) is 0 Å². The van der Waals surface area contributed by atoms with E-state index in [1.807, 2.05) is 48.5 Å². The average molecular weight is 335 g/mol. The van der Waals surface area contributed by atoms with E-state index < -0.39 is 0 Å². The summed E-state index contributed by atoms with van der Waals surface area (Å²) in [5.41, 5.74) is 0. The standard InChI is InChI=1S/2C7H7O.2CH4.Y/c2*1-8-7-5-3-2-4-6-7;;;/h2*3-6H,1H3;2*1H4;/q2*-1;;;. The number of hydrogen-bond donors (Lipinski definition) is 0. The van der Waals surface area contributed by atoms with Crippen LogP contribution in [-0.4, -0.2) is 14.2 Å². The molecule has 0 aromatic heterocycles. The van der Waals surface area contributed by atoms with Crippen LogP contribution in [-0.2, 0) is 32.7 Å². The van der Waals surface area contributed by atoms with Gasteiger partial charge in [-0.25, -0.2) is 0 Å². The third-order valence-corrected chi connectivity index (χ3v) is 1.85. The van der Waals surface area contributed by atoms with Crippen molar-refractivity contribution in [1.82, 2.24) is 0 Å². The molecule has 0 heterocycles. The second-order valence-electron chi connectivity index (χ2n) is 2.88. The Bertz CT molecular complexity index is 337. The summed E-state index contributed by atoms with van der Waals surface area (Å²) in [6, 6.07) is 20.5. The van der Waals surface area contributed by atoms with Crippen LogP contribution in [0.3, 0.4) is 0 Å². The van der Waals surface area contributed by atoms with Crippen LogP contribution in [0.15, 0.2) is 48.5 Å². The molecule has 2 nitrogen and oxygen atoms in total. The predicted molar refractivity (Wildman–Crippen MR) is 77.1 cm³/mol. The van der Waals surface area contributed by atoms with Crippen molar-refractivity contribution in [3.8, 4) is 11.5 Å². The molecule has 0 aliphatic rings. The number of ether oxygens (including phenoxy) is 2. The van der Waals surface area contributed by atoms with Crippen molar-refractivity contribution >= 4 is 0 Å². The first-order chi connectivity index (χ1) is 7.86. The maximum absolute atomic E-state index is 4.89. The molecule has 0 unspecified atom stereocenters. The van der Waals surface area contributed by atoms with E-state index in [0.717, 1.165) is 11.5 Å². The summed E-state index contributed by atoms with van der Waals surface area (Å²) >= 11 is 0. The molecular formula is C16H22O2Y-2. The van der Waals surface area contributed by atoms with E-state index in [1.54, 1.807) is 14.2 Å². The van der Waals surface area contributed by atoms with Crippen molar-refractivity contribution in [2.75, 3.05) is 14.2 Å². The molecule has 0 amide bonds. The van der Waals surface area contributed by atoms with Gasteiger partial charge in [0.2, 0.25) is 0 Å². The third kappa shape index (κ3) is 10.7. The monoisotopic (exact) mass is 335 g/mol. The molecule has 0 aliphatic heterocycles. The zero-order valence-electron chi connectivity index (χ0n) is 10.0. The summed E-state index contributed by atoms with van der Waals surface area (Å²) in [4.78, 5) is 0. The van der Waals surface area contributed by atoms with E-state index in [1.165, 1.54) is 0 Å². The van der Waals surface area contributed by atoms with E-state index in [-0.39, 0.29) is 47.6 Å². The van der Waals surface area contributed by atoms with Crippen LogP contribution >= 0.6 is 0 Å². The van der Waals surface area contributed by atoms with Crippen LogP contribution in [0, 0.1) is 12.1 Å². The van der Waals surface area contributed by atoms with Gasteiger partial charge in [-0.15, -0.1) is 24.3 Å². The van der Waals surface area contributed by atoms with E-state index >= 15 is 0 Å². The van der Waals surface area contributed by atoms with Crippen LogP contribution in [0.25, 0.3) is 0 Å². The van der Waals surface area contributed by atoms with E-state index in [0.29, 0.717) is 0 Å². The SMILES string of the molecule is C.C.COc1cc[c-]cc1.COc1cc[c-]cc1.[Y]. The second-order valence-corrected chi connectivity index (χ2v) is 2.88. The number of methoxy groups -OCH3 is 2. The topological polar surface area (TPSA) is 18.5 Å². The minimum atomic E-state index is 0. The zero-order chi connectivity index (χ0) is 11.6. The van der Waals surface area contributed by atoms with Gasteiger partial charge in [-0.1, -0.05) is 14.9 Å². The van der Waals surface area contributed by atoms with Crippen LogP contribution in [0.2, 0.25) is 0 Å². The van der Waals surface area contributed by atoms with E-state index in [4.69, 9.17) is 9.47 Å². The number of rotatable bonds is 2. The van der Waals surface area contributed by atoms with Crippen molar-refractivity contribution in [2.24, 2.45) is 0 Å². The van der Waals surface area contributed by atoms with Crippen molar-refractivity contribution in [2.45, 2.75) is 14.9 Å². The normalized spacial score (nSPS) is 7.26. The molecule has 0 bridgehead atoms. The average Bonchev–Trinajstić information content (AvgIpc) is 2.41. The Morgan fingerprint density at radius 3 is 1.11 bits per heavy atom. The maximum Gasteiger partial charge on any atom is 0.0743 e. The fraction of sp³-hybridized carbons (Fsp3) is 0.250. The predicted octanol–water partition coefficient (Wildman–Crippen LogP) is 4.26. The van der Waals surface area contributed by atoms with E-state index in [2.05, 4.69) is 12.1 Å². The van der Waals surface area contributed by atoms with Gasteiger partial charge >= 0.3 is 0 Å². The Balaban J connectivity index is -0.000000233. The Kier molecular flexibility index (Phi) is 18.6. The summed E-state index contributed by atoms with van der Waals surface area (Å²) < 4.78 is 9.79. The molecule has 2 aromatic rings. The largest absolute Gasteiger partial charge is 0.522 e. The second kappa shape index (κ2) is 15.2. The first-order valence-corrected chi connectivity index (χ1v) is 4.87. The van der Waals surface area contributed by atoms with Crippen LogP contribution in [0.4, 0.5) is 0 Å². The maximum atomic E-state index is 4.89. The van der Waals surface area contributed by atoms with Gasteiger partial charge in [-0.3, -0.25) is 0 Å². The van der Waals surface area contributed by atoms with Gasteiger partial charge in [0, 0.05) is 44.2 Å². The van der Waals surface area contributed by atoms with E-state index in [9.17, 15) is 0 Å². The molecule has 0 atom stereocenters.